The second-order valence-corrected chi connectivity index (χ2v) is 8.91. The Morgan fingerprint density at radius 2 is 1.88 bits per heavy atom. The minimum absolute atomic E-state index is 0.0896. The first-order valence-electron chi connectivity index (χ1n) is 11.2. The second-order valence-electron chi connectivity index (χ2n) is 8.91. The molecule has 1 aliphatic carbocycles. The van der Waals surface area contributed by atoms with Gasteiger partial charge in [0, 0.05) is 47.6 Å². The van der Waals surface area contributed by atoms with Crippen LogP contribution in [0.3, 0.4) is 0 Å². The van der Waals surface area contributed by atoms with Gasteiger partial charge < -0.3 is 10.2 Å². The first-order valence-corrected chi connectivity index (χ1v) is 11.2. The third-order valence-electron chi connectivity index (χ3n) is 7.20. The Labute approximate surface area is 190 Å². The number of para-hydroxylation sites is 1. The highest BCUT2D eigenvalue weighted by atomic mass is 16.2. The number of rotatable bonds is 2. The van der Waals surface area contributed by atoms with Gasteiger partial charge in [-0.1, -0.05) is 42.5 Å². The van der Waals surface area contributed by atoms with Gasteiger partial charge in [0.2, 0.25) is 0 Å². The largest absolute Gasteiger partial charge is 0.332 e. The number of pyridine rings is 1. The standard InChI is InChI=1S/C27H20N4O2/c32-21-8-7-20-23(22(21)18-5-2-4-16-13-28-11-9-17(16)18)24(27(33)30-20)25-19-6-1-3-15-10-12-31(14-29-25)26(15)19/h1-7,9,11,13-14,22,25H,8,10,12H2,(H,30,33). The number of carbonyl (C=O) groups excluding carboxylic acids is 2. The van der Waals surface area contributed by atoms with Crippen molar-refractivity contribution in [2.45, 2.75) is 24.8 Å². The van der Waals surface area contributed by atoms with Crippen LogP contribution in [0, 0.1) is 0 Å². The fraction of sp³-hybridized carbons (Fsp3) is 0.185. The predicted molar refractivity (Wildman–Crippen MR) is 126 cm³/mol. The van der Waals surface area contributed by atoms with Crippen molar-refractivity contribution < 1.29 is 9.59 Å². The minimum atomic E-state index is -0.518. The molecule has 3 aliphatic heterocycles. The van der Waals surface area contributed by atoms with E-state index in [4.69, 9.17) is 4.99 Å². The van der Waals surface area contributed by atoms with Gasteiger partial charge in [-0.05, 0) is 29.0 Å². The number of aromatic nitrogens is 1. The minimum Gasteiger partial charge on any atom is -0.332 e. The van der Waals surface area contributed by atoms with Crippen LogP contribution in [-0.2, 0) is 16.0 Å². The molecule has 1 aromatic heterocycles. The Kier molecular flexibility index (Phi) is 3.77. The van der Waals surface area contributed by atoms with Crippen LogP contribution < -0.4 is 10.2 Å². The van der Waals surface area contributed by atoms with Gasteiger partial charge in [-0.25, -0.2) is 0 Å². The highest BCUT2D eigenvalue weighted by Crippen LogP contribution is 2.48. The van der Waals surface area contributed by atoms with Crippen molar-refractivity contribution in [3.05, 3.63) is 94.5 Å². The number of ketones is 1. The van der Waals surface area contributed by atoms with Crippen molar-refractivity contribution in [2.75, 3.05) is 11.4 Å². The summed E-state index contributed by atoms with van der Waals surface area (Å²) in [6.45, 7) is 0.900. The van der Waals surface area contributed by atoms with Gasteiger partial charge in [0.25, 0.3) is 5.91 Å². The van der Waals surface area contributed by atoms with E-state index in [0.29, 0.717) is 12.0 Å². The average Bonchev–Trinajstić information content (AvgIpc) is 3.41. The van der Waals surface area contributed by atoms with Crippen molar-refractivity contribution in [2.24, 2.45) is 4.99 Å². The summed E-state index contributed by atoms with van der Waals surface area (Å²) < 4.78 is 0. The van der Waals surface area contributed by atoms with Gasteiger partial charge in [-0.15, -0.1) is 0 Å². The number of benzene rings is 2. The zero-order chi connectivity index (χ0) is 22.1. The number of amides is 1. The molecule has 4 heterocycles. The van der Waals surface area contributed by atoms with Crippen molar-refractivity contribution in [3.8, 4) is 0 Å². The van der Waals surface area contributed by atoms with Crippen LogP contribution in [0.2, 0.25) is 0 Å². The van der Waals surface area contributed by atoms with E-state index in [-0.39, 0.29) is 11.7 Å². The van der Waals surface area contributed by atoms with Crippen LogP contribution >= 0.6 is 0 Å². The smallest absolute Gasteiger partial charge is 0.254 e. The fourth-order valence-corrected chi connectivity index (χ4v) is 5.79. The maximum Gasteiger partial charge on any atom is 0.254 e. The number of hydrogen-bond acceptors (Lipinski definition) is 5. The second kappa shape index (κ2) is 6.72. The SMILES string of the molecule is O=C1NC2=CCC(=O)C(c3cccc4cnccc34)C2=C1C1N=CN2CCc3cccc1c32. The monoisotopic (exact) mass is 432 g/mol. The summed E-state index contributed by atoms with van der Waals surface area (Å²) in [4.78, 5) is 38.0. The number of nitrogens with zero attached hydrogens (tertiary/aromatic N) is 3. The van der Waals surface area contributed by atoms with Gasteiger partial charge in [0.15, 0.2) is 0 Å². The molecule has 6 nitrogen and oxygen atoms in total. The molecule has 0 saturated heterocycles. The van der Waals surface area contributed by atoms with Crippen LogP contribution in [-0.4, -0.2) is 29.6 Å². The number of carbonyl (C=O) groups is 2. The third-order valence-corrected chi connectivity index (χ3v) is 7.20. The normalized spacial score (nSPS) is 23.0. The van der Waals surface area contributed by atoms with Gasteiger partial charge in [-0.2, -0.15) is 0 Å². The Hall–Kier alpha value is -4.06. The van der Waals surface area contributed by atoms with E-state index < -0.39 is 12.0 Å². The van der Waals surface area contributed by atoms with Crippen molar-refractivity contribution in [1.29, 1.82) is 0 Å². The van der Waals surface area contributed by atoms with E-state index in [9.17, 15) is 9.59 Å². The molecule has 4 aliphatic rings. The molecule has 0 spiro atoms. The summed E-state index contributed by atoms with van der Waals surface area (Å²) in [5, 5.41) is 5.00. The number of nitrogens with one attached hydrogen (secondary N) is 1. The molecule has 6 heteroatoms. The number of anilines is 1. The molecule has 0 fully saturated rings. The molecule has 33 heavy (non-hydrogen) atoms. The van der Waals surface area contributed by atoms with E-state index in [1.807, 2.05) is 48.9 Å². The van der Waals surface area contributed by atoms with Gasteiger partial charge >= 0.3 is 0 Å². The first kappa shape index (κ1) is 18.5. The Balaban J connectivity index is 1.48. The van der Waals surface area contributed by atoms with Gasteiger partial charge in [0.05, 0.1) is 23.5 Å². The zero-order valence-electron chi connectivity index (χ0n) is 17.8. The van der Waals surface area contributed by atoms with E-state index in [1.54, 1.807) is 6.20 Å². The van der Waals surface area contributed by atoms with Crippen LogP contribution in [0.25, 0.3) is 10.8 Å². The summed E-state index contributed by atoms with van der Waals surface area (Å²) in [6.07, 6.45) is 8.52. The Morgan fingerprint density at radius 3 is 2.82 bits per heavy atom. The first-order chi connectivity index (χ1) is 16.2. The zero-order valence-corrected chi connectivity index (χ0v) is 17.8. The lowest BCUT2D eigenvalue weighted by Gasteiger charge is -2.29. The molecule has 3 aromatic rings. The molecule has 160 valence electrons. The summed E-state index contributed by atoms with van der Waals surface area (Å²) in [7, 11) is 0. The Bertz CT molecular complexity index is 1480. The lowest BCUT2D eigenvalue weighted by Crippen LogP contribution is -2.26. The number of aliphatic imine (C=N–C) groups is 1. The third kappa shape index (κ3) is 2.55. The number of allylic oxidation sites excluding steroid dienone is 2. The van der Waals surface area contributed by atoms with Crippen LogP contribution in [0.5, 0.6) is 0 Å². The summed E-state index contributed by atoms with van der Waals surface area (Å²) >= 11 is 0. The van der Waals surface area contributed by atoms with E-state index in [2.05, 4.69) is 27.3 Å². The maximum absolute atomic E-state index is 13.4. The topological polar surface area (TPSA) is 74.7 Å². The molecule has 1 N–H and O–H groups in total. The van der Waals surface area contributed by atoms with Crippen LogP contribution in [0.1, 0.15) is 35.1 Å². The molecule has 2 unspecified atom stereocenters. The van der Waals surface area contributed by atoms with Crippen molar-refractivity contribution in [3.63, 3.8) is 0 Å². The van der Waals surface area contributed by atoms with E-state index in [1.165, 1.54) is 5.56 Å². The number of hydrogen-bond donors (Lipinski definition) is 1. The lowest BCUT2D eigenvalue weighted by molar-refractivity contribution is -0.119. The molecule has 7 rings (SSSR count). The Morgan fingerprint density at radius 1 is 1.00 bits per heavy atom. The van der Waals surface area contributed by atoms with Crippen LogP contribution in [0.15, 0.2) is 82.8 Å². The summed E-state index contributed by atoms with van der Waals surface area (Å²) in [5.74, 6) is -0.592. The molecule has 2 atom stereocenters. The average molecular weight is 432 g/mol. The molecular weight excluding hydrogens is 412 g/mol. The summed E-state index contributed by atoms with van der Waals surface area (Å²) in [6, 6.07) is 13.7. The molecule has 0 radical (unpaired) electrons. The van der Waals surface area contributed by atoms with Crippen LogP contribution in [0.4, 0.5) is 5.69 Å². The van der Waals surface area contributed by atoms with Crippen molar-refractivity contribution >= 4 is 34.5 Å². The number of fused-ring (bicyclic) bond motifs is 2. The van der Waals surface area contributed by atoms with Gasteiger partial charge in [-0.3, -0.25) is 19.6 Å². The molecule has 1 amide bonds. The van der Waals surface area contributed by atoms with Crippen molar-refractivity contribution in [1.82, 2.24) is 10.3 Å². The summed E-state index contributed by atoms with van der Waals surface area (Å²) in [5.41, 5.74) is 6.48. The van der Waals surface area contributed by atoms with E-state index >= 15 is 0 Å². The molecule has 2 aromatic carbocycles. The molecule has 0 bridgehead atoms. The molecular formula is C27H20N4O2. The lowest BCUT2D eigenvalue weighted by atomic mass is 9.76. The fourth-order valence-electron chi connectivity index (χ4n) is 5.79. The van der Waals surface area contributed by atoms with E-state index in [0.717, 1.165) is 51.8 Å². The maximum atomic E-state index is 13.4. The highest BCUT2D eigenvalue weighted by Gasteiger charge is 2.44. The predicted octanol–water partition coefficient (Wildman–Crippen LogP) is 3.75. The number of Topliss-reactive ketones (excluding diaryl/α,β-unsaturated/α-hetero) is 1. The molecule has 0 saturated carbocycles. The van der Waals surface area contributed by atoms with Gasteiger partial charge in [0.1, 0.15) is 11.8 Å². The quantitative estimate of drug-likeness (QED) is 0.669. The highest BCUT2D eigenvalue weighted by molar-refractivity contribution is 6.08.